The molecular formula is C27H33ClF2N2O4S. The van der Waals surface area contributed by atoms with Crippen LogP contribution in [0, 0.1) is 11.8 Å². The van der Waals surface area contributed by atoms with E-state index in [0.717, 1.165) is 25.0 Å². The Kier molecular flexibility index (Phi) is 8.76. The van der Waals surface area contributed by atoms with E-state index in [0.29, 0.717) is 37.8 Å². The second kappa shape index (κ2) is 11.7. The molecule has 1 heterocycles. The van der Waals surface area contributed by atoms with Gasteiger partial charge in [-0.2, -0.15) is 13.5 Å². The zero-order chi connectivity index (χ0) is 26.6. The van der Waals surface area contributed by atoms with E-state index in [1.54, 1.807) is 0 Å². The number of nitrogens with zero attached hydrogens (tertiary/aromatic N) is 1. The Bertz CT molecular complexity index is 1170. The third-order valence-corrected chi connectivity index (χ3v) is 8.88. The van der Waals surface area contributed by atoms with Crippen molar-refractivity contribution in [3.8, 4) is 5.75 Å². The molecule has 2 aromatic rings. The van der Waals surface area contributed by atoms with E-state index >= 15 is 8.78 Å². The molecular weight excluding hydrogens is 522 g/mol. The molecule has 10 heteroatoms. The zero-order valence-electron chi connectivity index (χ0n) is 20.8. The number of hydrogen-bond donors (Lipinski definition) is 1. The number of amides is 1. The SMILES string of the molecule is C[C@H]1CCN(C(=O)C(NS(=O)(=O)c2ccc(OCC3CCCCC3)cc2)C(F)(F)c2ccc(Cl)cc2)C1. The van der Waals surface area contributed by atoms with E-state index in [1.807, 2.05) is 11.6 Å². The lowest BCUT2D eigenvalue weighted by Crippen LogP contribution is -2.55. The Hall–Kier alpha value is -2.23. The molecule has 1 amide bonds. The van der Waals surface area contributed by atoms with Crippen LogP contribution in [0.1, 0.15) is 51.0 Å². The van der Waals surface area contributed by atoms with Gasteiger partial charge < -0.3 is 9.64 Å². The molecule has 2 aliphatic rings. The quantitative estimate of drug-likeness (QED) is 0.437. The minimum atomic E-state index is -4.46. The maximum atomic E-state index is 15.7. The van der Waals surface area contributed by atoms with Crippen molar-refractivity contribution in [3.63, 3.8) is 0 Å². The van der Waals surface area contributed by atoms with Crippen LogP contribution >= 0.6 is 11.6 Å². The summed E-state index contributed by atoms with van der Waals surface area (Å²) in [7, 11) is -4.46. The molecule has 1 N–H and O–H groups in total. The summed E-state index contributed by atoms with van der Waals surface area (Å²) in [6.07, 6.45) is 6.52. The zero-order valence-corrected chi connectivity index (χ0v) is 22.4. The second-order valence-corrected chi connectivity index (χ2v) is 12.3. The van der Waals surface area contributed by atoms with Gasteiger partial charge in [0.15, 0.2) is 6.04 Å². The summed E-state index contributed by atoms with van der Waals surface area (Å²) in [6.45, 7) is 3.06. The molecule has 1 saturated heterocycles. The molecule has 0 spiro atoms. The molecule has 1 aliphatic carbocycles. The highest BCUT2D eigenvalue weighted by Crippen LogP contribution is 2.35. The topological polar surface area (TPSA) is 75.7 Å². The van der Waals surface area contributed by atoms with Crippen LogP contribution in [0.3, 0.4) is 0 Å². The molecule has 202 valence electrons. The molecule has 1 unspecified atom stereocenters. The summed E-state index contributed by atoms with van der Waals surface area (Å²) in [6, 6.07) is 8.07. The molecule has 0 bridgehead atoms. The van der Waals surface area contributed by atoms with Crippen molar-refractivity contribution in [1.82, 2.24) is 9.62 Å². The Morgan fingerprint density at radius 1 is 1.08 bits per heavy atom. The van der Waals surface area contributed by atoms with E-state index in [-0.39, 0.29) is 15.8 Å². The normalized spacial score (nSPS) is 20.1. The number of carbonyl (C=O) groups is 1. The van der Waals surface area contributed by atoms with Crippen molar-refractivity contribution in [2.45, 2.75) is 62.3 Å². The van der Waals surface area contributed by atoms with Crippen molar-refractivity contribution in [1.29, 1.82) is 0 Å². The number of rotatable bonds is 9. The Balaban J connectivity index is 1.54. The number of ether oxygens (including phenoxy) is 1. The highest BCUT2D eigenvalue weighted by molar-refractivity contribution is 7.89. The van der Waals surface area contributed by atoms with Crippen molar-refractivity contribution >= 4 is 27.5 Å². The molecule has 0 aromatic heterocycles. The standard InChI is InChI=1S/C27H33ClF2N2O4S/c1-19-15-16-32(17-19)26(33)25(27(29,30)21-7-9-22(28)10-8-21)31-37(34,35)24-13-11-23(12-14-24)36-18-20-5-3-2-4-6-20/h7-14,19-20,25,31H,2-6,15-18H2,1H3/t19-,25?/m0/s1. The lowest BCUT2D eigenvalue weighted by atomic mass is 9.90. The Morgan fingerprint density at radius 2 is 1.73 bits per heavy atom. The molecule has 2 aromatic carbocycles. The summed E-state index contributed by atoms with van der Waals surface area (Å²) in [4.78, 5) is 14.3. The first-order valence-electron chi connectivity index (χ1n) is 12.7. The fourth-order valence-corrected chi connectivity index (χ4v) is 6.26. The van der Waals surface area contributed by atoms with E-state index in [2.05, 4.69) is 0 Å². The highest BCUT2D eigenvalue weighted by Gasteiger charge is 2.50. The van der Waals surface area contributed by atoms with Crippen LogP contribution in [0.4, 0.5) is 8.78 Å². The van der Waals surface area contributed by atoms with Gasteiger partial charge in [0.25, 0.3) is 5.92 Å². The highest BCUT2D eigenvalue weighted by atomic mass is 35.5. The number of benzene rings is 2. The van der Waals surface area contributed by atoms with Crippen LogP contribution in [0.2, 0.25) is 5.02 Å². The van der Waals surface area contributed by atoms with Crippen molar-refractivity contribution in [3.05, 3.63) is 59.1 Å². The molecule has 1 aliphatic heterocycles. The Labute approximate surface area is 222 Å². The minimum absolute atomic E-state index is 0.145. The van der Waals surface area contributed by atoms with Crippen molar-refractivity contribution in [2.24, 2.45) is 11.8 Å². The maximum absolute atomic E-state index is 15.7. The Morgan fingerprint density at radius 3 is 2.32 bits per heavy atom. The largest absolute Gasteiger partial charge is 0.493 e. The summed E-state index contributed by atoms with van der Waals surface area (Å²) in [5, 5.41) is 0.252. The van der Waals surface area contributed by atoms with Gasteiger partial charge in [0, 0.05) is 23.7 Å². The van der Waals surface area contributed by atoms with Gasteiger partial charge >= 0.3 is 0 Å². The summed E-state index contributed by atoms with van der Waals surface area (Å²) in [5.41, 5.74) is -0.503. The molecule has 2 atom stereocenters. The smallest absolute Gasteiger partial charge is 0.298 e. The van der Waals surface area contributed by atoms with Crippen LogP contribution < -0.4 is 9.46 Å². The van der Waals surface area contributed by atoms with Crippen molar-refractivity contribution in [2.75, 3.05) is 19.7 Å². The van der Waals surface area contributed by atoms with E-state index in [4.69, 9.17) is 16.3 Å². The number of likely N-dealkylation sites (tertiary alicyclic amines) is 1. The fourth-order valence-electron chi connectivity index (χ4n) is 4.94. The van der Waals surface area contributed by atoms with Gasteiger partial charge in [0.1, 0.15) is 5.75 Å². The number of alkyl halides is 2. The number of nitrogens with one attached hydrogen (secondary N) is 1. The second-order valence-electron chi connectivity index (χ2n) is 10.1. The molecule has 1 saturated carbocycles. The molecule has 37 heavy (non-hydrogen) atoms. The number of hydrogen-bond acceptors (Lipinski definition) is 4. The first kappa shape index (κ1) is 27.8. The maximum Gasteiger partial charge on any atom is 0.298 e. The van der Waals surface area contributed by atoms with Crippen LogP contribution in [0.25, 0.3) is 0 Å². The van der Waals surface area contributed by atoms with Gasteiger partial charge in [0.2, 0.25) is 15.9 Å². The molecule has 2 fully saturated rings. The molecule has 0 radical (unpaired) electrons. The van der Waals surface area contributed by atoms with Crippen LogP contribution in [0.15, 0.2) is 53.4 Å². The average Bonchev–Trinajstić information content (AvgIpc) is 3.33. The summed E-state index contributed by atoms with van der Waals surface area (Å²) < 4.78 is 65.6. The van der Waals surface area contributed by atoms with E-state index in [1.165, 1.54) is 60.6 Å². The lowest BCUT2D eigenvalue weighted by molar-refractivity contribution is -0.143. The van der Waals surface area contributed by atoms with Gasteiger partial charge in [-0.05, 0) is 67.5 Å². The lowest BCUT2D eigenvalue weighted by Gasteiger charge is -2.30. The monoisotopic (exact) mass is 554 g/mol. The third-order valence-electron chi connectivity index (χ3n) is 7.19. The van der Waals surface area contributed by atoms with Gasteiger partial charge in [-0.15, -0.1) is 0 Å². The molecule has 4 rings (SSSR count). The fraction of sp³-hybridized carbons (Fsp3) is 0.519. The third kappa shape index (κ3) is 6.81. The van der Waals surface area contributed by atoms with Gasteiger partial charge in [0.05, 0.1) is 11.5 Å². The van der Waals surface area contributed by atoms with E-state index in [9.17, 15) is 13.2 Å². The van der Waals surface area contributed by atoms with Crippen molar-refractivity contribution < 1.29 is 26.7 Å². The summed E-state index contributed by atoms with van der Waals surface area (Å²) >= 11 is 5.85. The van der Waals surface area contributed by atoms with Gasteiger partial charge in [-0.25, -0.2) is 8.42 Å². The van der Waals surface area contributed by atoms with E-state index < -0.39 is 33.5 Å². The average molecular weight is 555 g/mol. The number of sulfonamides is 1. The predicted molar refractivity (Wildman–Crippen MR) is 138 cm³/mol. The number of carbonyl (C=O) groups excluding carboxylic acids is 1. The van der Waals surface area contributed by atoms with Crippen LogP contribution in [0.5, 0.6) is 5.75 Å². The predicted octanol–water partition coefficient (Wildman–Crippen LogP) is 5.61. The number of halogens is 3. The van der Waals surface area contributed by atoms with Gasteiger partial charge in [-0.1, -0.05) is 49.9 Å². The van der Waals surface area contributed by atoms with Crippen LogP contribution in [-0.4, -0.2) is 45.0 Å². The van der Waals surface area contributed by atoms with Crippen LogP contribution in [-0.2, 0) is 20.7 Å². The minimum Gasteiger partial charge on any atom is -0.493 e. The first-order chi connectivity index (χ1) is 17.6. The molecule has 6 nitrogen and oxygen atoms in total. The van der Waals surface area contributed by atoms with Gasteiger partial charge in [-0.3, -0.25) is 4.79 Å². The first-order valence-corrected chi connectivity index (χ1v) is 14.6. The summed E-state index contributed by atoms with van der Waals surface area (Å²) in [5.74, 6) is -3.64.